The molecule has 0 saturated heterocycles. The summed E-state index contributed by atoms with van der Waals surface area (Å²) >= 11 is 0. The maximum Gasteiger partial charge on any atom is 2.00 e. The molecule has 8 aromatic heterocycles. The Bertz CT molecular complexity index is 4670. The molecule has 0 saturated carbocycles. The second-order valence-electron chi connectivity index (χ2n) is 27.2. The van der Waals surface area contributed by atoms with E-state index < -0.39 is 0 Å². The van der Waals surface area contributed by atoms with Crippen LogP contribution in [0.15, 0.2) is 179 Å². The largest absolute Gasteiger partial charge is 2.00 e. The van der Waals surface area contributed by atoms with Crippen molar-refractivity contribution in [3.8, 4) is 55.6 Å². The van der Waals surface area contributed by atoms with Crippen molar-refractivity contribution >= 4 is 90.8 Å². The third-order valence-electron chi connectivity index (χ3n) is 17.0. The van der Waals surface area contributed by atoms with E-state index in [1.165, 1.54) is 22.3 Å². The third kappa shape index (κ3) is 10.9. The van der Waals surface area contributed by atoms with E-state index in [0.29, 0.717) is 44.8 Å². The van der Waals surface area contributed by atoms with E-state index in [0.717, 1.165) is 100 Å². The van der Waals surface area contributed by atoms with Crippen LogP contribution in [-0.4, -0.2) is 9.97 Å². The molecule has 444 valence electrons. The molecule has 10 heterocycles. The monoisotopic (exact) mass is 1250 g/mol. The minimum Gasteiger partial charge on any atom is -0.657 e. The summed E-state index contributed by atoms with van der Waals surface area (Å²) in [5.41, 5.74) is 25.3. The number of rotatable bonds is 5. The van der Waals surface area contributed by atoms with Crippen molar-refractivity contribution in [3.63, 3.8) is 0 Å². The summed E-state index contributed by atoms with van der Waals surface area (Å²) in [5.74, 6) is 0. The Morgan fingerprint density at radius 3 is 0.682 bits per heavy atom. The van der Waals surface area contributed by atoms with Crippen molar-refractivity contribution in [2.75, 3.05) is 0 Å². The van der Waals surface area contributed by atoms with E-state index >= 15 is 0 Å². The Labute approximate surface area is 535 Å². The van der Waals surface area contributed by atoms with Crippen LogP contribution >= 0.6 is 0 Å². The van der Waals surface area contributed by atoms with Gasteiger partial charge in [0.05, 0.1) is 11.4 Å². The predicted molar refractivity (Wildman–Crippen MR) is 358 cm³/mol. The van der Waals surface area contributed by atoms with Gasteiger partial charge < -0.3 is 28.8 Å². The minimum atomic E-state index is -0.0504. The summed E-state index contributed by atoms with van der Waals surface area (Å²) in [7, 11) is 0. The first kappa shape index (κ1) is 59.7. The van der Waals surface area contributed by atoms with Gasteiger partial charge in [0.1, 0.15) is 22.3 Å². The molecule has 0 amide bonds. The Balaban J connectivity index is 0.00000377. The van der Waals surface area contributed by atoms with E-state index in [-0.39, 0.29) is 55.8 Å². The molecule has 0 fully saturated rings. The van der Waals surface area contributed by atoms with Gasteiger partial charge in [0.25, 0.3) is 0 Å². The van der Waals surface area contributed by atoms with Gasteiger partial charge in [-0.15, -0.1) is 44.1 Å². The molecule has 0 unspecified atom stereocenters. The topological polar surface area (TPSA) is 108 Å². The summed E-state index contributed by atoms with van der Waals surface area (Å²) in [6.45, 7) is 26.9. The number of fused-ring (bicyclic) bond motifs is 18. The Hall–Kier alpha value is -8.62. The van der Waals surface area contributed by atoms with E-state index in [2.05, 4.69) is 277 Å². The van der Waals surface area contributed by atoms with Crippen molar-refractivity contribution in [3.05, 3.63) is 215 Å². The van der Waals surface area contributed by atoms with E-state index in [1.54, 1.807) is 0 Å². The second kappa shape index (κ2) is 22.2. The fourth-order valence-corrected chi connectivity index (χ4v) is 12.1. The molecular weight excluding hydrogens is 1180 g/mol. The fourth-order valence-electron chi connectivity index (χ4n) is 12.1. The predicted octanol–water partition coefficient (Wildman–Crippen LogP) is 20.3. The van der Waals surface area contributed by atoms with Gasteiger partial charge in [-0.1, -0.05) is 229 Å². The smallest absolute Gasteiger partial charge is 0.657 e. The number of nitrogens with zero attached hydrogens (tertiary/aromatic N) is 6. The molecule has 16 bridgehead atoms. The van der Waals surface area contributed by atoms with E-state index in [4.69, 9.17) is 38.7 Å². The molecule has 88 heavy (non-hydrogen) atoms. The van der Waals surface area contributed by atoms with Crippen molar-refractivity contribution in [2.24, 2.45) is 0 Å². The van der Waals surface area contributed by atoms with Gasteiger partial charge in [0, 0.05) is 33.6 Å². The molecule has 14 rings (SSSR count). The average molecular weight is 1250 g/mol. The normalized spacial score (nSPS) is 12.7. The van der Waals surface area contributed by atoms with Crippen LogP contribution in [-0.2, 0) is 55.8 Å². The number of benzene rings is 4. The van der Waals surface area contributed by atoms with Gasteiger partial charge in [-0.05, 0) is 126 Å². The molecule has 2 aliphatic heterocycles. The van der Waals surface area contributed by atoms with Crippen LogP contribution in [0.2, 0.25) is 0 Å². The molecule has 0 spiro atoms. The first-order valence-corrected chi connectivity index (χ1v) is 29.8. The first-order chi connectivity index (χ1) is 41.1. The summed E-state index contributed by atoms with van der Waals surface area (Å²) in [5, 5.41) is 0. The molecule has 0 N–H and O–H groups in total. The zero-order valence-electron chi connectivity index (χ0n) is 51.6. The zero-order chi connectivity index (χ0) is 59.6. The molecule has 10 heteroatoms. The van der Waals surface area contributed by atoms with Crippen LogP contribution in [0.1, 0.15) is 128 Å². The van der Waals surface area contributed by atoms with Crippen LogP contribution in [0.3, 0.4) is 0 Å². The number of hydrogen-bond acceptors (Lipinski definition) is 4. The Morgan fingerprint density at radius 1 is 0.239 bits per heavy atom. The quantitative estimate of drug-likeness (QED) is 0.157. The van der Waals surface area contributed by atoms with E-state index in [1.807, 2.05) is 0 Å². The Kier molecular flexibility index (Phi) is 15.1. The second-order valence-corrected chi connectivity index (χ2v) is 27.2. The molecule has 2 aliphatic rings. The standard InChI is InChI=1S/C78H68N6O2.2Cu/c1-75(2,3)49-21-13-45(14-22-49)69-57-33-29-53(79-57)55-31-35-61(81-55)73(63-39-37-59(83-63)71(67-43-41-65(69)85-67)47-17-25-51(26-18-47)77(7,8)9)74-62-36-32-56(82-62)54-30-34-58(80-54)70(46-15-23-50(24-16-46)76(4,5)6)66-42-44-68(86-66)72(60-38-40-64(74)84-60)48-19-27-52(28-20-48)78(10,11)12;;/h13-44H,1-12H3;;/q-4;2*+2. The van der Waals surface area contributed by atoms with Crippen molar-refractivity contribution in [1.82, 2.24) is 29.9 Å². The molecule has 8 nitrogen and oxygen atoms in total. The van der Waals surface area contributed by atoms with Crippen molar-refractivity contribution in [2.45, 2.75) is 105 Å². The molecule has 4 aromatic carbocycles. The SMILES string of the molecule is CC(C)(C)c1ccc(-c2c3ccc([n-]3)c3nc(c(-c4c5nc(c6ccc([n-]6)c(-c6ccc(C(C)(C)C)cc6)c6ccc(o6)c(-c6ccc(C(C)(C)C)cc6)c6ccc4[n-]6)C=C5)c4ccc([n-]4)c(-c4ccc(C(C)(C)C)cc4)c4ccc2o4)C=C3)cc1.[Cu+2].[Cu+2]. The van der Waals surface area contributed by atoms with Crippen LogP contribution in [0.5, 0.6) is 0 Å². The van der Waals surface area contributed by atoms with E-state index in [9.17, 15) is 0 Å². The number of furan rings is 2. The summed E-state index contributed by atoms with van der Waals surface area (Å²) in [6, 6.07) is 60.1. The van der Waals surface area contributed by atoms with Crippen LogP contribution in [0, 0.1) is 0 Å². The van der Waals surface area contributed by atoms with Crippen LogP contribution < -0.4 is 19.9 Å². The minimum absolute atomic E-state index is 0. The molecular formula is C78H68Cu2N6O2. The third-order valence-corrected chi connectivity index (χ3v) is 17.0. The van der Waals surface area contributed by atoms with Gasteiger partial charge >= 0.3 is 34.1 Å². The summed E-state index contributed by atoms with van der Waals surface area (Å²) in [6.07, 6.45) is 8.26. The number of aromatic nitrogens is 6. The van der Waals surface area contributed by atoms with Crippen molar-refractivity contribution < 1.29 is 43.0 Å². The van der Waals surface area contributed by atoms with Gasteiger partial charge in [0.15, 0.2) is 0 Å². The maximum atomic E-state index is 7.16. The van der Waals surface area contributed by atoms with Crippen LogP contribution in [0.4, 0.5) is 0 Å². The molecule has 0 aliphatic carbocycles. The first-order valence-electron chi connectivity index (χ1n) is 29.8. The summed E-state index contributed by atoms with van der Waals surface area (Å²) < 4.78 is 14.3. The van der Waals surface area contributed by atoms with Crippen molar-refractivity contribution in [1.29, 1.82) is 0 Å². The Morgan fingerprint density at radius 2 is 0.443 bits per heavy atom. The van der Waals surface area contributed by atoms with Gasteiger partial charge in [-0.2, -0.15) is 0 Å². The summed E-state index contributed by atoms with van der Waals surface area (Å²) in [4.78, 5) is 33.1. The van der Waals surface area contributed by atoms with Gasteiger partial charge in [-0.25, -0.2) is 9.97 Å². The average Bonchev–Trinajstić information content (AvgIpc) is 1.75. The molecule has 12 aromatic rings. The molecule has 0 atom stereocenters. The molecule has 2 radical (unpaired) electrons. The number of hydrogen-bond donors (Lipinski definition) is 0. The van der Waals surface area contributed by atoms with Gasteiger partial charge in [0.2, 0.25) is 0 Å². The van der Waals surface area contributed by atoms with Crippen LogP contribution in [0.25, 0.3) is 146 Å². The zero-order valence-corrected chi connectivity index (χ0v) is 53.5. The maximum absolute atomic E-state index is 7.16. The fraction of sp³-hybridized carbons (Fsp3) is 0.205. The van der Waals surface area contributed by atoms with Gasteiger partial charge in [-0.3, -0.25) is 0 Å².